The maximum absolute atomic E-state index is 8.66. The first-order valence-corrected chi connectivity index (χ1v) is 5.24. The fourth-order valence-corrected chi connectivity index (χ4v) is 1.36. The van der Waals surface area contributed by atoms with Crippen LogP contribution >= 0.6 is 11.6 Å². The third kappa shape index (κ3) is 3.43. The van der Waals surface area contributed by atoms with E-state index in [9.17, 15) is 0 Å². The molecule has 0 aromatic heterocycles. The number of hydrogen-bond acceptors (Lipinski definition) is 3. The molecule has 15 heavy (non-hydrogen) atoms. The smallest absolute Gasteiger partial charge is 0.0992 e. The number of nitriles is 1. The molecule has 1 rings (SSSR count). The highest BCUT2D eigenvalue weighted by Crippen LogP contribution is 2.22. The Morgan fingerprint density at radius 3 is 2.87 bits per heavy atom. The molecule has 1 aromatic carbocycles. The van der Waals surface area contributed by atoms with E-state index in [0.29, 0.717) is 17.1 Å². The predicted molar refractivity (Wildman–Crippen MR) is 62.9 cm³/mol. The van der Waals surface area contributed by atoms with E-state index in [2.05, 4.69) is 5.32 Å². The lowest BCUT2D eigenvalue weighted by Gasteiger charge is -2.12. The standard InChI is InChI=1S/C11H14ClN3/c1-2-9(14)7-15-11-4-3-8(6-13)5-10(11)12/h3-5,9,15H,2,7,14H2,1H3. The third-order valence-corrected chi connectivity index (χ3v) is 2.49. The number of nitrogens with one attached hydrogen (secondary N) is 1. The summed E-state index contributed by atoms with van der Waals surface area (Å²) in [5, 5.41) is 12.4. The van der Waals surface area contributed by atoms with Crippen molar-refractivity contribution < 1.29 is 0 Å². The van der Waals surface area contributed by atoms with Crippen LogP contribution in [0.1, 0.15) is 18.9 Å². The Balaban J connectivity index is 2.67. The zero-order valence-electron chi connectivity index (χ0n) is 8.63. The van der Waals surface area contributed by atoms with E-state index in [1.54, 1.807) is 18.2 Å². The second kappa shape index (κ2) is 5.59. The van der Waals surface area contributed by atoms with Gasteiger partial charge in [-0.1, -0.05) is 18.5 Å². The van der Waals surface area contributed by atoms with E-state index in [1.807, 2.05) is 13.0 Å². The number of hydrogen-bond donors (Lipinski definition) is 2. The minimum absolute atomic E-state index is 0.122. The molecule has 0 heterocycles. The van der Waals surface area contributed by atoms with Crippen molar-refractivity contribution in [2.75, 3.05) is 11.9 Å². The first-order chi connectivity index (χ1) is 7.17. The summed E-state index contributed by atoms with van der Waals surface area (Å²) in [6.07, 6.45) is 0.918. The molecule has 4 heteroatoms. The van der Waals surface area contributed by atoms with Crippen molar-refractivity contribution in [3.63, 3.8) is 0 Å². The fraction of sp³-hybridized carbons (Fsp3) is 0.364. The molecule has 0 spiro atoms. The molecule has 1 unspecified atom stereocenters. The van der Waals surface area contributed by atoms with Gasteiger partial charge in [0.15, 0.2) is 0 Å². The molecule has 0 radical (unpaired) electrons. The SMILES string of the molecule is CCC(N)CNc1ccc(C#N)cc1Cl. The Morgan fingerprint density at radius 1 is 1.60 bits per heavy atom. The minimum atomic E-state index is 0.122. The summed E-state index contributed by atoms with van der Waals surface area (Å²) in [6.45, 7) is 2.72. The highest BCUT2D eigenvalue weighted by atomic mass is 35.5. The molecular weight excluding hydrogens is 210 g/mol. The average molecular weight is 224 g/mol. The van der Waals surface area contributed by atoms with Gasteiger partial charge in [-0.2, -0.15) is 5.26 Å². The van der Waals surface area contributed by atoms with Gasteiger partial charge in [-0.05, 0) is 24.6 Å². The summed E-state index contributed by atoms with van der Waals surface area (Å²) < 4.78 is 0. The Hall–Kier alpha value is -1.24. The van der Waals surface area contributed by atoms with E-state index in [4.69, 9.17) is 22.6 Å². The van der Waals surface area contributed by atoms with E-state index in [-0.39, 0.29) is 6.04 Å². The summed E-state index contributed by atoms with van der Waals surface area (Å²) >= 11 is 5.98. The summed E-state index contributed by atoms with van der Waals surface area (Å²) in [4.78, 5) is 0. The quantitative estimate of drug-likeness (QED) is 0.824. The van der Waals surface area contributed by atoms with Crippen LogP contribution in [0.2, 0.25) is 5.02 Å². The maximum atomic E-state index is 8.66. The molecule has 0 amide bonds. The van der Waals surface area contributed by atoms with Crippen LogP contribution in [-0.4, -0.2) is 12.6 Å². The molecule has 1 aromatic rings. The van der Waals surface area contributed by atoms with Crippen molar-refractivity contribution in [2.45, 2.75) is 19.4 Å². The number of anilines is 1. The lowest BCUT2D eigenvalue weighted by molar-refractivity contribution is 0.679. The van der Waals surface area contributed by atoms with Crippen molar-refractivity contribution in [2.24, 2.45) is 5.73 Å². The minimum Gasteiger partial charge on any atom is -0.382 e. The molecule has 0 aliphatic carbocycles. The van der Waals surface area contributed by atoms with Gasteiger partial charge < -0.3 is 11.1 Å². The monoisotopic (exact) mass is 223 g/mol. The average Bonchev–Trinajstić information content (AvgIpc) is 2.26. The zero-order valence-corrected chi connectivity index (χ0v) is 9.38. The zero-order chi connectivity index (χ0) is 11.3. The van der Waals surface area contributed by atoms with Crippen molar-refractivity contribution >= 4 is 17.3 Å². The summed E-state index contributed by atoms with van der Waals surface area (Å²) in [5.41, 5.74) is 7.15. The second-order valence-electron chi connectivity index (χ2n) is 3.36. The van der Waals surface area contributed by atoms with Crippen molar-refractivity contribution in [1.82, 2.24) is 0 Å². The molecule has 0 bridgehead atoms. The third-order valence-electron chi connectivity index (χ3n) is 2.18. The Morgan fingerprint density at radius 2 is 2.33 bits per heavy atom. The van der Waals surface area contributed by atoms with Crippen LogP contribution in [0.4, 0.5) is 5.69 Å². The fourth-order valence-electron chi connectivity index (χ4n) is 1.11. The molecule has 0 fully saturated rings. The summed E-state index contributed by atoms with van der Waals surface area (Å²) in [5.74, 6) is 0. The normalized spacial score (nSPS) is 11.9. The van der Waals surface area contributed by atoms with Gasteiger partial charge in [0.2, 0.25) is 0 Å². The van der Waals surface area contributed by atoms with Gasteiger partial charge in [0, 0.05) is 12.6 Å². The van der Waals surface area contributed by atoms with Crippen LogP contribution in [0.25, 0.3) is 0 Å². The van der Waals surface area contributed by atoms with Crippen LogP contribution in [0, 0.1) is 11.3 Å². The molecule has 0 saturated heterocycles. The van der Waals surface area contributed by atoms with Gasteiger partial charge >= 0.3 is 0 Å². The number of rotatable bonds is 4. The first kappa shape index (κ1) is 11.8. The van der Waals surface area contributed by atoms with Crippen LogP contribution < -0.4 is 11.1 Å². The molecule has 0 saturated carbocycles. The number of halogens is 1. The lowest BCUT2D eigenvalue weighted by Crippen LogP contribution is -2.28. The van der Waals surface area contributed by atoms with Crippen LogP contribution in [0.3, 0.4) is 0 Å². The maximum Gasteiger partial charge on any atom is 0.0992 e. The van der Waals surface area contributed by atoms with E-state index in [1.165, 1.54) is 0 Å². The predicted octanol–water partition coefficient (Wildman–Crippen LogP) is 2.36. The van der Waals surface area contributed by atoms with Gasteiger partial charge in [-0.15, -0.1) is 0 Å². The highest BCUT2D eigenvalue weighted by Gasteiger charge is 2.03. The van der Waals surface area contributed by atoms with E-state index < -0.39 is 0 Å². The Bertz CT molecular complexity index is 371. The van der Waals surface area contributed by atoms with Gasteiger partial charge in [-0.25, -0.2) is 0 Å². The molecule has 80 valence electrons. The number of nitrogens with two attached hydrogens (primary N) is 1. The highest BCUT2D eigenvalue weighted by molar-refractivity contribution is 6.33. The second-order valence-corrected chi connectivity index (χ2v) is 3.76. The van der Waals surface area contributed by atoms with Crippen molar-refractivity contribution in [3.05, 3.63) is 28.8 Å². The molecule has 3 nitrogen and oxygen atoms in total. The largest absolute Gasteiger partial charge is 0.382 e. The van der Waals surface area contributed by atoms with Crippen molar-refractivity contribution in [3.8, 4) is 6.07 Å². The molecular formula is C11H14ClN3. The van der Waals surface area contributed by atoms with Crippen molar-refractivity contribution in [1.29, 1.82) is 5.26 Å². The molecule has 1 atom stereocenters. The molecule has 0 aliphatic heterocycles. The van der Waals surface area contributed by atoms with E-state index >= 15 is 0 Å². The first-order valence-electron chi connectivity index (χ1n) is 4.86. The van der Waals surface area contributed by atoms with E-state index in [0.717, 1.165) is 12.1 Å². The number of nitrogens with zero attached hydrogens (tertiary/aromatic N) is 1. The van der Waals surface area contributed by atoms with Gasteiger partial charge in [0.25, 0.3) is 0 Å². The van der Waals surface area contributed by atoms with Gasteiger partial charge in [0.1, 0.15) is 0 Å². The van der Waals surface area contributed by atoms with Crippen LogP contribution in [-0.2, 0) is 0 Å². The van der Waals surface area contributed by atoms with Crippen LogP contribution in [0.15, 0.2) is 18.2 Å². The molecule has 0 aliphatic rings. The topological polar surface area (TPSA) is 61.8 Å². The summed E-state index contributed by atoms with van der Waals surface area (Å²) in [6, 6.07) is 7.32. The van der Waals surface area contributed by atoms with Gasteiger partial charge in [-0.3, -0.25) is 0 Å². The van der Waals surface area contributed by atoms with Crippen LogP contribution in [0.5, 0.6) is 0 Å². The lowest BCUT2D eigenvalue weighted by atomic mass is 10.2. The number of benzene rings is 1. The molecule has 3 N–H and O–H groups in total. The Kier molecular flexibility index (Phi) is 4.41. The summed E-state index contributed by atoms with van der Waals surface area (Å²) in [7, 11) is 0. The van der Waals surface area contributed by atoms with Gasteiger partial charge in [0.05, 0.1) is 22.3 Å². The Labute approximate surface area is 94.8 Å².